The van der Waals surface area contributed by atoms with Crippen molar-refractivity contribution in [2.75, 3.05) is 20.2 Å². The van der Waals surface area contributed by atoms with Gasteiger partial charge in [0.2, 0.25) is 5.91 Å². The second-order valence-electron chi connectivity index (χ2n) is 17.9. The summed E-state index contributed by atoms with van der Waals surface area (Å²) in [4.78, 5) is 77.0. The van der Waals surface area contributed by atoms with Gasteiger partial charge in [-0.05, 0) is 88.3 Å². The predicted octanol–water partition coefficient (Wildman–Crippen LogP) is 8.79. The second-order valence-corrected chi connectivity index (χ2v) is 17.9. The summed E-state index contributed by atoms with van der Waals surface area (Å²) in [6.45, 7) is 10.1. The van der Waals surface area contributed by atoms with Crippen molar-refractivity contribution in [2.45, 2.75) is 90.1 Å². The number of carbonyl (C=O) groups excluding carboxylic acids is 4. The van der Waals surface area contributed by atoms with Gasteiger partial charge in [0.05, 0.1) is 54.2 Å². The molecule has 2 fully saturated rings. The molecule has 0 bridgehead atoms. The number of benzene rings is 3. The molecule has 4 amide bonds. The zero-order chi connectivity index (χ0) is 46.0. The van der Waals surface area contributed by atoms with E-state index in [1.54, 1.807) is 55.1 Å². The Balaban J connectivity index is 0.957. The number of pyridine rings is 1. The number of ether oxygens (including phenoxy) is 2. The number of methoxy groups -OCH3 is 1. The number of aromatic nitrogens is 5. The fraction of sp³-hybridized carbons (Fsp3) is 0.367. The first kappa shape index (κ1) is 44.5. The third-order valence-corrected chi connectivity index (χ3v) is 11.9. The van der Waals surface area contributed by atoms with Crippen LogP contribution >= 0.6 is 0 Å². The summed E-state index contributed by atoms with van der Waals surface area (Å²) in [5, 5.41) is 6.31. The minimum absolute atomic E-state index is 0.157. The average molecular weight is 884 g/mol. The zero-order valence-corrected chi connectivity index (χ0v) is 37.4. The largest absolute Gasteiger partial charge is 0.453 e. The molecule has 3 aromatic heterocycles. The summed E-state index contributed by atoms with van der Waals surface area (Å²) < 4.78 is 26.2. The molecule has 2 saturated heterocycles. The number of H-pyrrole nitrogens is 2. The summed E-state index contributed by atoms with van der Waals surface area (Å²) in [5.41, 5.74) is 4.26. The van der Waals surface area contributed by atoms with Gasteiger partial charge in [-0.15, -0.1) is 0 Å². The maximum Gasteiger partial charge on any atom is 0.408 e. The van der Waals surface area contributed by atoms with Crippen molar-refractivity contribution in [3.63, 3.8) is 0 Å². The van der Waals surface area contributed by atoms with E-state index in [1.807, 2.05) is 74.5 Å². The lowest BCUT2D eigenvalue weighted by Crippen LogP contribution is -2.51. The van der Waals surface area contributed by atoms with Crippen LogP contribution in [0.1, 0.15) is 95.6 Å². The molecule has 0 aliphatic carbocycles. The minimum atomic E-state index is -0.938. The van der Waals surface area contributed by atoms with E-state index >= 15 is 4.39 Å². The van der Waals surface area contributed by atoms with Gasteiger partial charge in [-0.3, -0.25) is 9.59 Å². The van der Waals surface area contributed by atoms with Crippen LogP contribution in [-0.2, 0) is 19.1 Å². The fourth-order valence-corrected chi connectivity index (χ4v) is 8.67. The molecule has 8 rings (SSSR count). The maximum absolute atomic E-state index is 15.9. The highest BCUT2D eigenvalue weighted by Crippen LogP contribution is 2.36. The minimum Gasteiger partial charge on any atom is -0.453 e. The molecule has 0 spiro atoms. The van der Waals surface area contributed by atoms with Crippen LogP contribution in [0.5, 0.6) is 0 Å². The van der Waals surface area contributed by atoms with Crippen LogP contribution in [0.4, 0.5) is 14.0 Å². The standard InChI is InChI=1S/C49H54FN9O6/c1-28(2)41(56-47(62)64-6)45(60)58-22-10-14-39(58)43-52-27-38(55-43)32-16-19-33(34(50)25-32)36-21-18-30-24-31(17-20-35(30)53-36)37-26-51-44(54-37)40-15-11-23-59(40)46(61)42(29-12-8-7-9-13-29)57-48(63)65-49(3,4)5/h7-9,12-13,16-21,24-28,39-42H,10-11,14-15,22-23H2,1-6H3,(H,51,54)(H,52,55)(H,56,62)(H,57,63)/t39-,40-,41-,42+/m0/s1. The summed E-state index contributed by atoms with van der Waals surface area (Å²) in [6, 6.07) is 21.3. The Morgan fingerprint density at radius 1 is 0.769 bits per heavy atom. The molecule has 0 unspecified atom stereocenters. The number of alkyl carbamates (subject to hydrolysis) is 2. The first-order valence-electron chi connectivity index (χ1n) is 22.0. The molecule has 3 aromatic carbocycles. The van der Waals surface area contributed by atoms with E-state index in [0.717, 1.165) is 29.5 Å². The first-order chi connectivity index (χ1) is 31.2. The number of fused-ring (bicyclic) bond motifs is 1. The molecule has 0 radical (unpaired) electrons. The molecule has 2 aliphatic heterocycles. The Morgan fingerprint density at radius 2 is 1.38 bits per heavy atom. The summed E-state index contributed by atoms with van der Waals surface area (Å²) in [7, 11) is 1.26. The van der Waals surface area contributed by atoms with Crippen molar-refractivity contribution in [3.8, 4) is 33.8 Å². The number of halogens is 1. The number of nitrogens with one attached hydrogen (secondary N) is 4. The van der Waals surface area contributed by atoms with Gasteiger partial charge in [-0.1, -0.05) is 62.4 Å². The molecule has 5 heterocycles. The topological polar surface area (TPSA) is 188 Å². The third-order valence-electron chi connectivity index (χ3n) is 11.9. The normalized spacial score (nSPS) is 17.3. The Hall–Kier alpha value is -7.10. The summed E-state index contributed by atoms with van der Waals surface area (Å²) in [6.07, 6.45) is 5.02. The Kier molecular flexibility index (Phi) is 12.7. The molecule has 15 nitrogen and oxygen atoms in total. The Labute approximate surface area is 376 Å². The third kappa shape index (κ3) is 9.71. The van der Waals surface area contributed by atoms with E-state index < -0.39 is 35.7 Å². The number of imidazole rings is 2. The van der Waals surface area contributed by atoms with Gasteiger partial charge in [-0.25, -0.2) is 28.9 Å². The molecule has 338 valence electrons. The Bertz CT molecular complexity index is 2710. The SMILES string of the molecule is COC(=O)N[C@H](C(=O)N1CCC[C@H]1c1ncc(-c2ccc(-c3ccc4cc(-c5cnc([C@@H]6CCCN6C(=O)[C@H](NC(=O)OC(C)(C)C)c6ccccc6)[nH]5)ccc4n3)c(F)c2)[nH]1)C(C)C. The van der Waals surface area contributed by atoms with Crippen molar-refractivity contribution in [3.05, 3.63) is 114 Å². The number of hydrogen-bond donors (Lipinski definition) is 4. The predicted molar refractivity (Wildman–Crippen MR) is 242 cm³/mol. The van der Waals surface area contributed by atoms with Gasteiger partial charge in [0.15, 0.2) is 0 Å². The number of hydrogen-bond acceptors (Lipinski definition) is 9. The van der Waals surface area contributed by atoms with Gasteiger partial charge >= 0.3 is 12.2 Å². The molecule has 0 saturated carbocycles. The number of aromatic amines is 2. The lowest BCUT2D eigenvalue weighted by atomic mass is 10.0. The number of carbonyl (C=O) groups is 4. The number of amides is 4. The zero-order valence-electron chi connectivity index (χ0n) is 37.4. The fourth-order valence-electron chi connectivity index (χ4n) is 8.67. The smallest absolute Gasteiger partial charge is 0.408 e. The van der Waals surface area contributed by atoms with Crippen LogP contribution in [0, 0.1) is 11.7 Å². The van der Waals surface area contributed by atoms with E-state index in [2.05, 4.69) is 25.6 Å². The van der Waals surface area contributed by atoms with Crippen molar-refractivity contribution in [1.29, 1.82) is 0 Å². The number of likely N-dealkylation sites (tertiary alicyclic amines) is 2. The van der Waals surface area contributed by atoms with E-state index in [-0.39, 0.29) is 29.8 Å². The van der Waals surface area contributed by atoms with E-state index in [0.29, 0.717) is 71.2 Å². The summed E-state index contributed by atoms with van der Waals surface area (Å²) >= 11 is 0. The summed E-state index contributed by atoms with van der Waals surface area (Å²) in [5.74, 6) is 0.181. The quantitative estimate of drug-likeness (QED) is 0.0986. The van der Waals surface area contributed by atoms with Crippen molar-refractivity contribution < 1.29 is 33.0 Å². The highest BCUT2D eigenvalue weighted by Gasteiger charge is 2.39. The van der Waals surface area contributed by atoms with Gasteiger partial charge in [-0.2, -0.15) is 0 Å². The molecular weight excluding hydrogens is 830 g/mol. The van der Waals surface area contributed by atoms with Crippen LogP contribution in [-0.4, -0.2) is 90.6 Å². The monoisotopic (exact) mass is 883 g/mol. The van der Waals surface area contributed by atoms with Crippen LogP contribution in [0.3, 0.4) is 0 Å². The van der Waals surface area contributed by atoms with Gasteiger partial charge in [0.1, 0.15) is 35.2 Å². The maximum atomic E-state index is 15.9. The van der Waals surface area contributed by atoms with E-state index in [9.17, 15) is 19.2 Å². The van der Waals surface area contributed by atoms with E-state index in [4.69, 9.17) is 19.4 Å². The second kappa shape index (κ2) is 18.6. The highest BCUT2D eigenvalue weighted by atomic mass is 19.1. The van der Waals surface area contributed by atoms with Crippen molar-refractivity contribution in [1.82, 2.24) is 45.4 Å². The molecule has 2 aliphatic rings. The Morgan fingerprint density at radius 3 is 1.98 bits per heavy atom. The lowest BCUT2D eigenvalue weighted by molar-refractivity contribution is -0.136. The average Bonchev–Trinajstić information content (AvgIpc) is 4.13. The molecule has 16 heteroatoms. The number of nitrogens with zero attached hydrogens (tertiary/aromatic N) is 5. The molecule has 4 N–H and O–H groups in total. The molecular formula is C49H54FN9O6. The highest BCUT2D eigenvalue weighted by molar-refractivity contribution is 5.89. The first-order valence-corrected chi connectivity index (χ1v) is 22.0. The van der Waals surface area contributed by atoms with E-state index in [1.165, 1.54) is 13.2 Å². The molecule has 6 aromatic rings. The van der Waals surface area contributed by atoms with Crippen LogP contribution in [0.15, 0.2) is 91.3 Å². The van der Waals surface area contributed by atoms with Crippen molar-refractivity contribution in [2.24, 2.45) is 5.92 Å². The van der Waals surface area contributed by atoms with Crippen LogP contribution in [0.2, 0.25) is 0 Å². The van der Waals surface area contributed by atoms with Gasteiger partial charge in [0, 0.05) is 35.2 Å². The lowest BCUT2D eigenvalue weighted by Gasteiger charge is -2.30. The van der Waals surface area contributed by atoms with Crippen LogP contribution in [0.25, 0.3) is 44.7 Å². The number of rotatable bonds is 11. The van der Waals surface area contributed by atoms with Gasteiger partial charge < -0.3 is 39.9 Å². The van der Waals surface area contributed by atoms with Crippen LogP contribution < -0.4 is 10.6 Å². The van der Waals surface area contributed by atoms with Crippen molar-refractivity contribution >= 4 is 34.9 Å². The molecule has 4 atom stereocenters. The molecule has 65 heavy (non-hydrogen) atoms. The van der Waals surface area contributed by atoms with Gasteiger partial charge in [0.25, 0.3) is 5.91 Å².